The molecule has 0 aromatic heterocycles. The van der Waals surface area contributed by atoms with Crippen LogP contribution in [0.3, 0.4) is 0 Å². The molecule has 0 aromatic rings. The highest BCUT2D eigenvalue weighted by atomic mass is 32.1. The predicted molar refractivity (Wildman–Crippen MR) is 106 cm³/mol. The van der Waals surface area contributed by atoms with Crippen molar-refractivity contribution in [2.45, 2.75) is 39.5 Å². The second-order valence-corrected chi connectivity index (χ2v) is 10.4. The van der Waals surface area contributed by atoms with Crippen LogP contribution in [0.15, 0.2) is 0 Å². The first-order valence-corrected chi connectivity index (χ1v) is 16.5. The highest BCUT2D eigenvalue weighted by molar-refractivity contribution is 8.11. The molecule has 0 aliphatic carbocycles. The van der Waals surface area contributed by atoms with Gasteiger partial charge in [-0.2, -0.15) is 0 Å². The minimum absolute atomic E-state index is 0.0304. The molecule has 9 nitrogen and oxygen atoms in total. The number of hydrogen-bond donors (Lipinski definition) is 0. The average molecular weight is 520 g/mol. The van der Waals surface area contributed by atoms with Gasteiger partial charge in [0.25, 0.3) is 57.0 Å². The van der Waals surface area contributed by atoms with Crippen molar-refractivity contribution in [1.29, 1.82) is 0 Å². The van der Waals surface area contributed by atoms with Crippen molar-refractivity contribution in [2.24, 2.45) is 5.92 Å². The monoisotopic (exact) mass is 520 g/mol. The van der Waals surface area contributed by atoms with E-state index in [1.165, 1.54) is 26.4 Å². The summed E-state index contributed by atoms with van der Waals surface area (Å²) in [6.45, 7) is 5.02. The molecule has 0 amide bonds. The largest absolute Gasteiger partial charge is 0.329 e. The predicted octanol–water partition coefficient (Wildman–Crippen LogP) is 8.84. The Morgan fingerprint density at radius 3 is 1.46 bits per heavy atom. The van der Waals surface area contributed by atoms with E-state index < -0.39 is 8.06 Å². The summed E-state index contributed by atoms with van der Waals surface area (Å²) < 4.78 is 74.5. The van der Waals surface area contributed by atoms with E-state index in [0.717, 1.165) is 6.42 Å². The molecule has 0 aliphatic heterocycles. The molecule has 0 radical (unpaired) electrons. The lowest BCUT2D eigenvalue weighted by Crippen LogP contribution is -2.06. The van der Waals surface area contributed by atoms with Crippen molar-refractivity contribution < 1.29 is 41.0 Å². The van der Waals surface area contributed by atoms with E-state index in [9.17, 15) is 4.57 Å². The van der Waals surface area contributed by atoms with Gasteiger partial charge in [0.2, 0.25) is 8.15 Å². The number of rotatable bonds is 12. The first-order chi connectivity index (χ1) is 12.5. The van der Waals surface area contributed by atoms with Crippen LogP contribution in [-0.4, -0.2) is 13.7 Å². The van der Waals surface area contributed by atoms with Gasteiger partial charge in [-0.05, 0) is 12.3 Å². The van der Waals surface area contributed by atoms with Crippen molar-refractivity contribution in [3.05, 3.63) is 0 Å². The zero-order valence-corrected chi connectivity index (χ0v) is 21.5. The third-order valence-corrected chi connectivity index (χ3v) is 5.14. The fraction of sp³-hybridized carbons (Fsp3) is 1.00. The maximum atomic E-state index is 10.5. The molecule has 150 valence electrons. The first-order valence-electron chi connectivity index (χ1n) is 6.78. The second-order valence-electron chi connectivity index (χ2n) is 3.70. The molecule has 0 heterocycles. The SMILES string of the molecule is CCCCC(CC)COP(OC)P=O.O=PP=O.O=PP=O.O=PP=O. The Bertz CT molecular complexity index is 327. The Morgan fingerprint density at radius 2 is 1.23 bits per heavy atom. The second kappa shape index (κ2) is 36.9. The van der Waals surface area contributed by atoms with Crippen LogP contribution in [0, 0.1) is 5.92 Å². The topological polar surface area (TPSA) is 138 Å². The maximum absolute atomic E-state index is 10.5. The zero-order valence-electron chi connectivity index (χ0n) is 14.4. The molecule has 0 rings (SSSR count). The standard InChI is InChI=1S/C9H20O3P2.3O2P2/c1-4-6-7-9(5-2)8-12-14(11-3)13-10;3*1-3-4-2/h9H,4-8H2,1-3H3;;;. The first kappa shape index (κ1) is 34.5. The molecule has 26 heavy (non-hydrogen) atoms. The molecule has 2 atom stereocenters. The summed E-state index contributed by atoms with van der Waals surface area (Å²) in [6.07, 6.45) is 4.76. The van der Waals surface area contributed by atoms with Gasteiger partial charge < -0.3 is 9.05 Å². The van der Waals surface area contributed by atoms with E-state index in [2.05, 4.69) is 13.8 Å². The molecule has 0 N–H and O–H groups in total. The van der Waals surface area contributed by atoms with Gasteiger partial charge in [0.15, 0.2) is 0 Å². The summed E-state index contributed by atoms with van der Waals surface area (Å²) in [5.74, 6) is 0.580. The molecule has 0 saturated carbocycles. The van der Waals surface area contributed by atoms with Gasteiger partial charge in [0.1, 0.15) is 0 Å². The lowest BCUT2D eigenvalue weighted by atomic mass is 10.0. The Balaban J connectivity index is -0.000000164. The lowest BCUT2D eigenvalue weighted by Gasteiger charge is -2.15. The van der Waals surface area contributed by atoms with Crippen LogP contribution in [0.2, 0.25) is 0 Å². The van der Waals surface area contributed by atoms with Crippen LogP contribution in [-0.2, 0) is 41.0 Å². The van der Waals surface area contributed by atoms with Gasteiger partial charge in [-0.1, -0.05) is 33.1 Å². The molecule has 0 bridgehead atoms. The van der Waals surface area contributed by atoms with Gasteiger partial charge in [0.05, 0.1) is 6.61 Å². The normalized spacial score (nSPS) is 12.6. The Hall–Kier alpha value is 1.05. The molecule has 0 spiro atoms. The fourth-order valence-corrected chi connectivity index (χ4v) is 2.28. The van der Waals surface area contributed by atoms with Crippen molar-refractivity contribution in [2.75, 3.05) is 13.7 Å². The van der Waals surface area contributed by atoms with Crippen molar-refractivity contribution in [1.82, 2.24) is 0 Å². The van der Waals surface area contributed by atoms with E-state index in [0.29, 0.717) is 12.5 Å². The van der Waals surface area contributed by atoms with Crippen LogP contribution in [0.25, 0.3) is 0 Å². The molecular formula is C9H20O9P8. The van der Waals surface area contributed by atoms with E-state index in [4.69, 9.17) is 36.4 Å². The summed E-state index contributed by atoms with van der Waals surface area (Å²) in [5, 5.41) is 0. The molecule has 0 fully saturated rings. The zero-order chi connectivity index (χ0) is 21.1. The van der Waals surface area contributed by atoms with E-state index in [1.807, 2.05) is 0 Å². The fourth-order valence-electron chi connectivity index (χ4n) is 1.18. The third-order valence-electron chi connectivity index (χ3n) is 2.29. The van der Waals surface area contributed by atoms with Gasteiger partial charge in [-0.15, -0.1) is 0 Å². The Morgan fingerprint density at radius 1 is 0.808 bits per heavy atom. The molecule has 0 saturated heterocycles. The molecular weight excluding hydrogens is 500 g/mol. The summed E-state index contributed by atoms with van der Waals surface area (Å²) in [6, 6.07) is 0. The summed E-state index contributed by atoms with van der Waals surface area (Å²) >= 11 is 0. The molecule has 0 aliphatic rings. The van der Waals surface area contributed by atoms with Crippen LogP contribution in [0.1, 0.15) is 39.5 Å². The van der Waals surface area contributed by atoms with Crippen molar-refractivity contribution in [3.63, 3.8) is 0 Å². The van der Waals surface area contributed by atoms with E-state index in [1.54, 1.807) is 0 Å². The highest BCUT2D eigenvalue weighted by Gasteiger charge is 2.12. The minimum atomic E-state index is -1.19. The van der Waals surface area contributed by atoms with Crippen molar-refractivity contribution >= 4 is 65.1 Å². The average Bonchev–Trinajstić information content (AvgIpc) is 2.71. The molecule has 2 unspecified atom stereocenters. The van der Waals surface area contributed by atoms with Crippen LogP contribution >= 0.6 is 65.1 Å². The van der Waals surface area contributed by atoms with Crippen LogP contribution in [0.5, 0.6) is 0 Å². The van der Waals surface area contributed by atoms with Crippen molar-refractivity contribution in [3.8, 4) is 0 Å². The van der Waals surface area contributed by atoms with Gasteiger partial charge in [0, 0.05) is 7.11 Å². The summed E-state index contributed by atoms with van der Waals surface area (Å²) in [5.41, 5.74) is 0. The summed E-state index contributed by atoms with van der Waals surface area (Å²) in [7, 11) is -1.70. The number of hydrogen-bond acceptors (Lipinski definition) is 9. The quantitative estimate of drug-likeness (QED) is 0.231. The maximum Gasteiger partial charge on any atom is 0.272 e. The number of unbranched alkanes of at least 4 members (excludes halogenated alkanes) is 1. The Kier molecular flexibility index (Phi) is 49.0. The third kappa shape index (κ3) is 39.9. The minimum Gasteiger partial charge on any atom is -0.329 e. The smallest absolute Gasteiger partial charge is 0.272 e. The van der Waals surface area contributed by atoms with Crippen LogP contribution in [0.4, 0.5) is 0 Å². The lowest BCUT2D eigenvalue weighted by molar-refractivity contribution is 0.228. The Labute approximate surface area is 165 Å². The molecule has 17 heteroatoms. The summed E-state index contributed by atoms with van der Waals surface area (Å²) in [4.78, 5) is 0. The van der Waals surface area contributed by atoms with Gasteiger partial charge >= 0.3 is 0 Å². The van der Waals surface area contributed by atoms with Gasteiger partial charge in [-0.3, -0.25) is 32.0 Å². The highest BCUT2D eigenvalue weighted by Crippen LogP contribution is 2.50. The van der Waals surface area contributed by atoms with E-state index >= 15 is 0 Å². The van der Waals surface area contributed by atoms with Crippen LogP contribution < -0.4 is 0 Å². The van der Waals surface area contributed by atoms with E-state index in [-0.39, 0.29) is 57.0 Å². The molecule has 0 aromatic carbocycles. The van der Waals surface area contributed by atoms with Gasteiger partial charge in [-0.25, -0.2) is 0 Å².